The monoisotopic (exact) mass is 386 g/mol. The SMILES string of the molecule is Cc1ccc(-c2nc3cc(C(=O)N(C)C)cnc3nc2-c2ccc(F)cc2)cc1. The Hall–Kier alpha value is -3.67. The Morgan fingerprint density at radius 2 is 1.48 bits per heavy atom. The molecule has 1 amide bonds. The first kappa shape index (κ1) is 18.7. The number of halogens is 1. The predicted molar refractivity (Wildman–Crippen MR) is 111 cm³/mol. The van der Waals surface area contributed by atoms with E-state index in [1.54, 1.807) is 32.3 Å². The summed E-state index contributed by atoms with van der Waals surface area (Å²) in [6, 6.07) is 15.8. The molecule has 6 heteroatoms. The van der Waals surface area contributed by atoms with E-state index in [0.717, 1.165) is 16.7 Å². The number of hydrogen-bond acceptors (Lipinski definition) is 4. The summed E-state index contributed by atoms with van der Waals surface area (Å²) in [6.45, 7) is 2.01. The number of nitrogens with zero attached hydrogens (tertiary/aromatic N) is 4. The lowest BCUT2D eigenvalue weighted by Crippen LogP contribution is -2.21. The van der Waals surface area contributed by atoms with Crippen LogP contribution in [-0.2, 0) is 0 Å². The second-order valence-corrected chi connectivity index (χ2v) is 7.06. The molecule has 4 aromatic rings. The largest absolute Gasteiger partial charge is 0.345 e. The fraction of sp³-hybridized carbons (Fsp3) is 0.130. The van der Waals surface area contributed by atoms with Crippen molar-refractivity contribution in [1.29, 1.82) is 0 Å². The summed E-state index contributed by atoms with van der Waals surface area (Å²) in [5.41, 5.74) is 5.42. The van der Waals surface area contributed by atoms with E-state index in [-0.39, 0.29) is 11.7 Å². The summed E-state index contributed by atoms with van der Waals surface area (Å²) in [7, 11) is 3.38. The molecule has 0 N–H and O–H groups in total. The molecule has 144 valence electrons. The van der Waals surface area contributed by atoms with Gasteiger partial charge in [0.15, 0.2) is 5.65 Å². The van der Waals surface area contributed by atoms with Crippen LogP contribution in [0.2, 0.25) is 0 Å². The van der Waals surface area contributed by atoms with E-state index in [0.29, 0.717) is 28.1 Å². The van der Waals surface area contributed by atoms with Crippen LogP contribution in [0, 0.1) is 12.7 Å². The molecule has 2 heterocycles. The molecule has 0 aliphatic carbocycles. The first-order chi connectivity index (χ1) is 13.9. The van der Waals surface area contributed by atoms with Gasteiger partial charge in [-0.1, -0.05) is 29.8 Å². The fourth-order valence-electron chi connectivity index (χ4n) is 3.04. The van der Waals surface area contributed by atoms with Crippen molar-refractivity contribution >= 4 is 17.1 Å². The van der Waals surface area contributed by atoms with Crippen LogP contribution < -0.4 is 0 Å². The Balaban J connectivity index is 1.95. The average molecular weight is 386 g/mol. The number of carbonyl (C=O) groups is 1. The minimum atomic E-state index is -0.315. The van der Waals surface area contributed by atoms with Crippen molar-refractivity contribution in [1.82, 2.24) is 19.9 Å². The number of aromatic nitrogens is 3. The maximum Gasteiger partial charge on any atom is 0.254 e. The fourth-order valence-corrected chi connectivity index (χ4v) is 3.04. The van der Waals surface area contributed by atoms with Gasteiger partial charge in [0.05, 0.1) is 17.0 Å². The van der Waals surface area contributed by atoms with Gasteiger partial charge < -0.3 is 4.90 Å². The van der Waals surface area contributed by atoms with Gasteiger partial charge in [0, 0.05) is 31.4 Å². The molecule has 2 aromatic heterocycles. The number of pyridine rings is 1. The summed E-state index contributed by atoms with van der Waals surface area (Å²) in [5.74, 6) is -0.468. The molecule has 0 atom stereocenters. The normalized spacial score (nSPS) is 10.9. The molecule has 0 fully saturated rings. The van der Waals surface area contributed by atoms with Crippen molar-refractivity contribution in [2.24, 2.45) is 0 Å². The molecular weight excluding hydrogens is 367 g/mol. The quantitative estimate of drug-likeness (QED) is 0.520. The maximum absolute atomic E-state index is 13.4. The Morgan fingerprint density at radius 1 is 0.897 bits per heavy atom. The van der Waals surface area contributed by atoms with Crippen molar-refractivity contribution in [2.45, 2.75) is 6.92 Å². The molecular formula is C23H19FN4O. The molecule has 2 aromatic carbocycles. The van der Waals surface area contributed by atoms with Crippen molar-refractivity contribution in [3.63, 3.8) is 0 Å². The van der Waals surface area contributed by atoms with E-state index in [1.165, 1.54) is 23.2 Å². The van der Waals surface area contributed by atoms with Gasteiger partial charge >= 0.3 is 0 Å². The van der Waals surface area contributed by atoms with E-state index < -0.39 is 0 Å². The second-order valence-electron chi connectivity index (χ2n) is 7.06. The Labute approximate surface area is 167 Å². The standard InChI is InChI=1S/C23H19FN4O/c1-14-4-6-15(7-5-14)20-21(16-8-10-18(24)11-9-16)27-22-19(26-20)12-17(13-25-22)23(29)28(2)3/h4-13H,1-3H3. The maximum atomic E-state index is 13.4. The number of aryl methyl sites for hydroxylation is 1. The molecule has 0 spiro atoms. The van der Waals surface area contributed by atoms with Gasteiger partial charge in [0.1, 0.15) is 11.3 Å². The summed E-state index contributed by atoms with van der Waals surface area (Å²) in [4.78, 5) is 27.6. The van der Waals surface area contributed by atoms with Gasteiger partial charge in [-0.15, -0.1) is 0 Å². The van der Waals surface area contributed by atoms with Crippen molar-refractivity contribution < 1.29 is 9.18 Å². The molecule has 0 saturated heterocycles. The van der Waals surface area contributed by atoms with Crippen LogP contribution in [0.4, 0.5) is 4.39 Å². The minimum Gasteiger partial charge on any atom is -0.345 e. The van der Waals surface area contributed by atoms with Crippen LogP contribution in [0.3, 0.4) is 0 Å². The number of amides is 1. The first-order valence-electron chi connectivity index (χ1n) is 9.15. The third-order valence-electron chi connectivity index (χ3n) is 4.62. The highest BCUT2D eigenvalue weighted by Crippen LogP contribution is 2.31. The minimum absolute atomic E-state index is 0.152. The number of carbonyl (C=O) groups excluding carboxylic acids is 1. The molecule has 0 aliphatic rings. The van der Waals surface area contributed by atoms with Crippen LogP contribution in [-0.4, -0.2) is 39.9 Å². The number of fused-ring (bicyclic) bond motifs is 1. The van der Waals surface area contributed by atoms with Gasteiger partial charge in [-0.3, -0.25) is 4.79 Å². The average Bonchev–Trinajstić information content (AvgIpc) is 2.73. The zero-order valence-electron chi connectivity index (χ0n) is 16.3. The molecule has 5 nitrogen and oxygen atoms in total. The molecule has 4 rings (SSSR count). The first-order valence-corrected chi connectivity index (χ1v) is 9.15. The van der Waals surface area contributed by atoms with Crippen LogP contribution in [0.5, 0.6) is 0 Å². The second kappa shape index (κ2) is 7.39. The highest BCUT2D eigenvalue weighted by molar-refractivity contribution is 5.96. The molecule has 0 radical (unpaired) electrons. The highest BCUT2D eigenvalue weighted by Gasteiger charge is 2.16. The van der Waals surface area contributed by atoms with E-state index >= 15 is 0 Å². The van der Waals surface area contributed by atoms with Crippen LogP contribution in [0.1, 0.15) is 15.9 Å². The van der Waals surface area contributed by atoms with Crippen molar-refractivity contribution in [2.75, 3.05) is 14.1 Å². The van der Waals surface area contributed by atoms with Gasteiger partial charge in [0.2, 0.25) is 0 Å². The van der Waals surface area contributed by atoms with Crippen LogP contribution >= 0.6 is 0 Å². The van der Waals surface area contributed by atoms with E-state index in [2.05, 4.69) is 4.98 Å². The lowest BCUT2D eigenvalue weighted by atomic mass is 10.0. The third-order valence-corrected chi connectivity index (χ3v) is 4.62. The lowest BCUT2D eigenvalue weighted by Gasteiger charge is -2.12. The Kier molecular flexibility index (Phi) is 4.76. The molecule has 0 aliphatic heterocycles. The van der Waals surface area contributed by atoms with Gasteiger partial charge in [-0.25, -0.2) is 19.3 Å². The number of rotatable bonds is 3. The molecule has 0 unspecified atom stereocenters. The number of hydrogen-bond donors (Lipinski definition) is 0. The summed E-state index contributed by atoms with van der Waals surface area (Å²) < 4.78 is 13.4. The van der Waals surface area contributed by atoms with Crippen LogP contribution in [0.25, 0.3) is 33.7 Å². The van der Waals surface area contributed by atoms with Gasteiger partial charge in [-0.2, -0.15) is 0 Å². The molecule has 29 heavy (non-hydrogen) atoms. The third kappa shape index (κ3) is 3.69. The highest BCUT2D eigenvalue weighted by atomic mass is 19.1. The van der Waals surface area contributed by atoms with Gasteiger partial charge in [0.25, 0.3) is 5.91 Å². The molecule has 0 bridgehead atoms. The molecule has 0 saturated carbocycles. The van der Waals surface area contributed by atoms with Gasteiger partial charge in [-0.05, 0) is 37.3 Å². The van der Waals surface area contributed by atoms with Crippen molar-refractivity contribution in [3.05, 3.63) is 77.7 Å². The van der Waals surface area contributed by atoms with E-state index in [4.69, 9.17) is 9.97 Å². The summed E-state index contributed by atoms with van der Waals surface area (Å²) in [6.07, 6.45) is 1.50. The van der Waals surface area contributed by atoms with E-state index in [1.807, 2.05) is 31.2 Å². The van der Waals surface area contributed by atoms with E-state index in [9.17, 15) is 9.18 Å². The lowest BCUT2D eigenvalue weighted by molar-refractivity contribution is 0.0827. The topological polar surface area (TPSA) is 59.0 Å². The predicted octanol–water partition coefficient (Wildman–Crippen LogP) is 4.51. The smallest absolute Gasteiger partial charge is 0.254 e. The Bertz CT molecular complexity index is 1200. The zero-order valence-corrected chi connectivity index (χ0v) is 16.3. The number of benzene rings is 2. The zero-order chi connectivity index (χ0) is 20.5. The summed E-state index contributed by atoms with van der Waals surface area (Å²) >= 11 is 0. The van der Waals surface area contributed by atoms with Crippen LogP contribution in [0.15, 0.2) is 60.8 Å². The van der Waals surface area contributed by atoms with Crippen molar-refractivity contribution in [3.8, 4) is 22.5 Å². The summed E-state index contributed by atoms with van der Waals surface area (Å²) in [5, 5.41) is 0. The Morgan fingerprint density at radius 3 is 2.10 bits per heavy atom.